The fourth-order valence-electron chi connectivity index (χ4n) is 2.95. The molecule has 0 spiro atoms. The van der Waals surface area contributed by atoms with Crippen molar-refractivity contribution in [2.24, 2.45) is 5.92 Å². The van der Waals surface area contributed by atoms with E-state index in [1.54, 1.807) is 12.1 Å². The van der Waals surface area contributed by atoms with Gasteiger partial charge in [-0.25, -0.2) is 4.39 Å². The van der Waals surface area contributed by atoms with Crippen LogP contribution in [0.2, 0.25) is 5.02 Å². The number of hydrogen-bond donors (Lipinski definition) is 0. The first-order valence-corrected chi connectivity index (χ1v) is 7.61. The van der Waals surface area contributed by atoms with Crippen LogP contribution in [-0.4, -0.2) is 13.2 Å². The second-order valence-corrected chi connectivity index (χ2v) is 5.78. The van der Waals surface area contributed by atoms with E-state index in [1.165, 1.54) is 12.8 Å². The molecule has 1 nitrogen and oxygen atoms in total. The largest absolute Gasteiger partial charge is 0.382 e. The minimum atomic E-state index is -0.294. The van der Waals surface area contributed by atoms with Crippen LogP contribution in [0.1, 0.15) is 50.5 Å². The Kier molecular flexibility index (Phi) is 5.65. The highest BCUT2D eigenvalue weighted by Gasteiger charge is 2.22. The lowest BCUT2D eigenvalue weighted by atomic mass is 9.78. The summed E-state index contributed by atoms with van der Waals surface area (Å²) < 4.78 is 18.9. The first kappa shape index (κ1) is 14.8. The summed E-state index contributed by atoms with van der Waals surface area (Å²) in [5.74, 6) is 0.979. The third-order valence-electron chi connectivity index (χ3n) is 4.14. The fraction of sp³-hybridized carbons (Fsp3) is 0.625. The molecule has 1 saturated carbocycles. The fourth-order valence-corrected chi connectivity index (χ4v) is 3.06. The second-order valence-electron chi connectivity index (χ2n) is 5.38. The average molecular weight is 285 g/mol. The Hall–Kier alpha value is -0.600. The lowest BCUT2D eigenvalue weighted by Gasteiger charge is -2.28. The Morgan fingerprint density at radius 2 is 2.00 bits per heavy atom. The molecule has 1 aromatic rings. The van der Waals surface area contributed by atoms with E-state index in [0.717, 1.165) is 44.0 Å². The van der Waals surface area contributed by atoms with E-state index in [0.29, 0.717) is 5.92 Å². The zero-order chi connectivity index (χ0) is 13.7. The van der Waals surface area contributed by atoms with Crippen molar-refractivity contribution in [1.82, 2.24) is 0 Å². The van der Waals surface area contributed by atoms with Gasteiger partial charge in [0.25, 0.3) is 0 Å². The molecule has 0 N–H and O–H groups in total. The predicted octanol–water partition coefficient (Wildman–Crippen LogP) is 5.18. The van der Waals surface area contributed by atoms with Gasteiger partial charge in [-0.3, -0.25) is 0 Å². The van der Waals surface area contributed by atoms with E-state index >= 15 is 0 Å². The van der Waals surface area contributed by atoms with Crippen LogP contribution in [0.25, 0.3) is 0 Å². The molecule has 0 radical (unpaired) electrons. The van der Waals surface area contributed by atoms with Gasteiger partial charge in [-0.15, -0.1) is 0 Å². The third kappa shape index (κ3) is 4.19. The maximum Gasteiger partial charge on any atom is 0.142 e. The highest BCUT2D eigenvalue weighted by molar-refractivity contribution is 6.30. The van der Waals surface area contributed by atoms with Crippen LogP contribution in [0.15, 0.2) is 18.2 Å². The molecule has 0 saturated heterocycles. The van der Waals surface area contributed by atoms with Crippen molar-refractivity contribution in [3.63, 3.8) is 0 Å². The molecule has 1 aromatic carbocycles. The van der Waals surface area contributed by atoms with Crippen molar-refractivity contribution >= 4 is 11.6 Å². The summed E-state index contributed by atoms with van der Waals surface area (Å²) >= 11 is 5.72. The molecule has 3 heteroatoms. The smallest absolute Gasteiger partial charge is 0.142 e. The van der Waals surface area contributed by atoms with Gasteiger partial charge >= 0.3 is 0 Å². The van der Waals surface area contributed by atoms with Crippen LogP contribution in [0.3, 0.4) is 0 Å². The molecular formula is C16H22ClFO. The molecule has 0 amide bonds. The zero-order valence-corrected chi connectivity index (χ0v) is 12.3. The molecule has 1 fully saturated rings. The number of halogens is 2. The SMILES string of the molecule is CCOCC[C@H]1CC[C@H](c2ccc(Cl)c(F)c2)CC1. The number of benzene rings is 1. The van der Waals surface area contributed by atoms with Crippen LogP contribution in [0.4, 0.5) is 4.39 Å². The Labute approximate surface area is 120 Å². The van der Waals surface area contributed by atoms with Gasteiger partial charge in [0.05, 0.1) is 5.02 Å². The van der Waals surface area contributed by atoms with Crippen LogP contribution in [0, 0.1) is 11.7 Å². The second kappa shape index (κ2) is 7.25. The summed E-state index contributed by atoms with van der Waals surface area (Å²) in [5.41, 5.74) is 1.10. The number of rotatable bonds is 5. The van der Waals surface area contributed by atoms with Gasteiger partial charge < -0.3 is 4.74 Å². The molecule has 1 aliphatic carbocycles. The highest BCUT2D eigenvalue weighted by atomic mass is 35.5. The van der Waals surface area contributed by atoms with Gasteiger partial charge in [0, 0.05) is 13.2 Å². The Balaban J connectivity index is 1.84. The molecule has 19 heavy (non-hydrogen) atoms. The average Bonchev–Trinajstić information content (AvgIpc) is 2.43. The third-order valence-corrected chi connectivity index (χ3v) is 4.44. The van der Waals surface area contributed by atoms with Crippen molar-refractivity contribution in [1.29, 1.82) is 0 Å². The van der Waals surface area contributed by atoms with Gasteiger partial charge in [-0.05, 0) is 68.6 Å². The molecule has 0 bridgehead atoms. The van der Waals surface area contributed by atoms with E-state index in [9.17, 15) is 4.39 Å². The summed E-state index contributed by atoms with van der Waals surface area (Å²) in [5, 5.41) is 0.217. The van der Waals surface area contributed by atoms with Crippen molar-refractivity contribution in [3.8, 4) is 0 Å². The Morgan fingerprint density at radius 1 is 1.26 bits per heavy atom. The monoisotopic (exact) mass is 284 g/mol. The van der Waals surface area contributed by atoms with Crippen LogP contribution >= 0.6 is 11.6 Å². The zero-order valence-electron chi connectivity index (χ0n) is 11.5. The first-order chi connectivity index (χ1) is 9.20. The molecular weight excluding hydrogens is 263 g/mol. The molecule has 0 unspecified atom stereocenters. The van der Waals surface area contributed by atoms with Crippen LogP contribution in [-0.2, 0) is 4.74 Å². The molecule has 0 atom stereocenters. The topological polar surface area (TPSA) is 9.23 Å². The molecule has 1 aliphatic rings. The van der Waals surface area contributed by atoms with Gasteiger partial charge in [-0.1, -0.05) is 17.7 Å². The molecule has 0 aliphatic heterocycles. The van der Waals surface area contributed by atoms with Gasteiger partial charge in [0.15, 0.2) is 0 Å². The summed E-state index contributed by atoms with van der Waals surface area (Å²) in [7, 11) is 0. The van der Waals surface area contributed by atoms with Crippen molar-refractivity contribution in [2.75, 3.05) is 13.2 Å². The minimum absolute atomic E-state index is 0.217. The van der Waals surface area contributed by atoms with Gasteiger partial charge in [0.2, 0.25) is 0 Å². The van der Waals surface area contributed by atoms with Crippen LogP contribution < -0.4 is 0 Å². The lowest BCUT2D eigenvalue weighted by molar-refractivity contribution is 0.123. The summed E-state index contributed by atoms with van der Waals surface area (Å²) in [6.45, 7) is 3.72. The van der Waals surface area contributed by atoms with E-state index < -0.39 is 0 Å². The normalized spacial score (nSPS) is 23.5. The Bertz CT molecular complexity index is 400. The maximum atomic E-state index is 13.5. The molecule has 106 valence electrons. The minimum Gasteiger partial charge on any atom is -0.382 e. The number of hydrogen-bond acceptors (Lipinski definition) is 1. The summed E-state index contributed by atoms with van der Waals surface area (Å²) in [6, 6.07) is 5.25. The van der Waals surface area contributed by atoms with Gasteiger partial charge in [-0.2, -0.15) is 0 Å². The van der Waals surface area contributed by atoms with Crippen LogP contribution in [0.5, 0.6) is 0 Å². The van der Waals surface area contributed by atoms with E-state index in [-0.39, 0.29) is 10.8 Å². The quantitative estimate of drug-likeness (QED) is 0.677. The van der Waals surface area contributed by atoms with Crippen molar-refractivity contribution in [3.05, 3.63) is 34.6 Å². The molecule has 2 rings (SSSR count). The van der Waals surface area contributed by atoms with E-state index in [1.807, 2.05) is 13.0 Å². The highest BCUT2D eigenvalue weighted by Crippen LogP contribution is 2.37. The predicted molar refractivity (Wildman–Crippen MR) is 77.2 cm³/mol. The van der Waals surface area contributed by atoms with E-state index in [2.05, 4.69) is 0 Å². The lowest BCUT2D eigenvalue weighted by Crippen LogP contribution is -2.15. The number of ether oxygens (including phenoxy) is 1. The maximum absolute atomic E-state index is 13.5. The van der Waals surface area contributed by atoms with Crippen molar-refractivity contribution < 1.29 is 9.13 Å². The van der Waals surface area contributed by atoms with E-state index in [4.69, 9.17) is 16.3 Å². The standard InChI is InChI=1S/C16H22ClFO/c1-2-19-10-9-12-3-5-13(6-4-12)14-7-8-15(17)16(18)11-14/h7-8,11-13H,2-6,9-10H2,1H3/t12-,13-. The summed E-state index contributed by atoms with van der Waals surface area (Å²) in [4.78, 5) is 0. The van der Waals surface area contributed by atoms with Crippen molar-refractivity contribution in [2.45, 2.75) is 44.9 Å². The Morgan fingerprint density at radius 3 is 2.63 bits per heavy atom. The molecule has 0 aromatic heterocycles. The van der Waals surface area contributed by atoms with Gasteiger partial charge in [0.1, 0.15) is 5.82 Å². The first-order valence-electron chi connectivity index (χ1n) is 7.23. The summed E-state index contributed by atoms with van der Waals surface area (Å²) in [6.07, 6.45) is 5.91. The molecule has 0 heterocycles.